The van der Waals surface area contributed by atoms with Crippen LogP contribution in [0.1, 0.15) is 37.4 Å². The van der Waals surface area contributed by atoms with Crippen LogP contribution >= 0.6 is 0 Å². The number of ketones is 2. The van der Waals surface area contributed by atoms with E-state index in [1.807, 2.05) is 19.6 Å². The molecular formula is C18H18O5Si. The van der Waals surface area contributed by atoms with Gasteiger partial charge in [0.15, 0.2) is 11.6 Å². The van der Waals surface area contributed by atoms with Gasteiger partial charge in [0.1, 0.15) is 17.2 Å². The van der Waals surface area contributed by atoms with Crippen LogP contribution in [0.2, 0.25) is 19.6 Å². The summed E-state index contributed by atoms with van der Waals surface area (Å²) in [6, 6.07) is 3.96. The first kappa shape index (κ1) is 16.3. The summed E-state index contributed by atoms with van der Waals surface area (Å²) in [4.78, 5) is 25.9. The van der Waals surface area contributed by atoms with Crippen molar-refractivity contribution >= 4 is 24.8 Å². The van der Waals surface area contributed by atoms with Gasteiger partial charge in [0.2, 0.25) is 0 Å². The summed E-state index contributed by atoms with van der Waals surface area (Å²) >= 11 is 0. The number of benzene rings is 2. The lowest BCUT2D eigenvalue weighted by Gasteiger charge is -2.28. The average Bonchev–Trinajstić information content (AvgIpc) is 2.48. The van der Waals surface area contributed by atoms with Gasteiger partial charge in [-0.3, -0.25) is 9.59 Å². The molecule has 1 aliphatic rings. The molecule has 0 fully saturated rings. The number of carbonyl (C=O) groups is 2. The van der Waals surface area contributed by atoms with E-state index in [1.54, 1.807) is 0 Å². The smallest absolute Gasteiger partial charge is 0.198 e. The number of rotatable bonds is 1. The third-order valence-electron chi connectivity index (χ3n) is 4.38. The molecule has 0 heterocycles. The molecule has 3 N–H and O–H groups in total. The average molecular weight is 342 g/mol. The first-order valence-electron chi connectivity index (χ1n) is 7.57. The second-order valence-corrected chi connectivity index (χ2v) is 12.1. The molecule has 3 rings (SSSR count). The number of carbonyl (C=O) groups excluding carboxylic acids is 2. The number of phenols is 3. The highest BCUT2D eigenvalue weighted by Gasteiger charge is 2.40. The molecule has 0 radical (unpaired) electrons. The van der Waals surface area contributed by atoms with E-state index in [9.17, 15) is 24.9 Å². The molecule has 0 saturated carbocycles. The minimum atomic E-state index is -2.21. The lowest BCUT2D eigenvalue weighted by molar-refractivity contribution is 0.0977. The monoisotopic (exact) mass is 342 g/mol. The minimum absolute atomic E-state index is 0.0501. The van der Waals surface area contributed by atoms with Gasteiger partial charge in [-0.1, -0.05) is 19.6 Å². The molecule has 1 aliphatic carbocycles. The standard InChI is InChI=1S/C18H18O5Si/c1-8-14(20)12-13(18(15(8)21)24(2,3)4)17(23)11-7-9(19)5-6-10(11)16(12)22/h5-7,19-21H,1-4H3. The predicted molar refractivity (Wildman–Crippen MR) is 92.5 cm³/mol. The number of hydrogen-bond acceptors (Lipinski definition) is 5. The van der Waals surface area contributed by atoms with Gasteiger partial charge in [-0.15, -0.1) is 0 Å². The van der Waals surface area contributed by atoms with Crippen molar-refractivity contribution in [2.24, 2.45) is 0 Å². The molecule has 0 amide bonds. The fraction of sp³-hybridized carbons (Fsp3) is 0.222. The Morgan fingerprint density at radius 2 is 1.42 bits per heavy atom. The van der Waals surface area contributed by atoms with Crippen molar-refractivity contribution in [2.45, 2.75) is 26.6 Å². The summed E-state index contributed by atoms with van der Waals surface area (Å²) in [5, 5.41) is 31.1. The maximum atomic E-state index is 13.0. The van der Waals surface area contributed by atoms with Crippen LogP contribution in [0.4, 0.5) is 0 Å². The van der Waals surface area contributed by atoms with Crippen molar-refractivity contribution in [1.29, 1.82) is 0 Å². The first-order valence-corrected chi connectivity index (χ1v) is 11.1. The molecule has 0 spiro atoms. The zero-order chi connectivity index (χ0) is 18.0. The summed E-state index contributed by atoms with van der Waals surface area (Å²) < 4.78 is 0. The molecule has 0 aliphatic heterocycles. The third-order valence-corrected chi connectivity index (χ3v) is 6.37. The summed E-state index contributed by atoms with van der Waals surface area (Å²) in [6.45, 7) is 7.39. The molecule has 0 saturated heterocycles. The van der Waals surface area contributed by atoms with Gasteiger partial charge < -0.3 is 15.3 Å². The van der Waals surface area contributed by atoms with E-state index in [-0.39, 0.29) is 45.1 Å². The van der Waals surface area contributed by atoms with E-state index in [2.05, 4.69) is 0 Å². The van der Waals surface area contributed by atoms with Crippen molar-refractivity contribution < 1.29 is 24.9 Å². The molecule has 0 bridgehead atoms. The molecule has 24 heavy (non-hydrogen) atoms. The van der Waals surface area contributed by atoms with E-state index in [0.29, 0.717) is 5.19 Å². The molecule has 6 heteroatoms. The van der Waals surface area contributed by atoms with Gasteiger partial charge in [-0.25, -0.2) is 0 Å². The highest BCUT2D eigenvalue weighted by Crippen LogP contribution is 2.39. The van der Waals surface area contributed by atoms with Crippen LogP contribution in [-0.2, 0) is 0 Å². The predicted octanol–water partition coefficient (Wildman–Crippen LogP) is 2.43. The minimum Gasteiger partial charge on any atom is -0.508 e. The van der Waals surface area contributed by atoms with Crippen molar-refractivity contribution in [2.75, 3.05) is 0 Å². The molecule has 0 atom stereocenters. The first-order chi connectivity index (χ1) is 11.1. The Morgan fingerprint density at radius 3 is 2.00 bits per heavy atom. The summed E-state index contributed by atoms with van der Waals surface area (Å²) in [5.41, 5.74) is 0.459. The van der Waals surface area contributed by atoms with Crippen molar-refractivity contribution in [3.8, 4) is 17.2 Å². The number of hydrogen-bond donors (Lipinski definition) is 3. The van der Waals surface area contributed by atoms with E-state index in [0.717, 1.165) is 0 Å². The van der Waals surface area contributed by atoms with Crippen LogP contribution in [0, 0.1) is 6.92 Å². The van der Waals surface area contributed by atoms with Gasteiger partial charge >= 0.3 is 0 Å². The summed E-state index contributed by atoms with van der Waals surface area (Å²) in [5.74, 6) is -1.54. The lowest BCUT2D eigenvalue weighted by atomic mass is 9.82. The maximum absolute atomic E-state index is 13.0. The van der Waals surface area contributed by atoms with Crippen LogP contribution in [0.25, 0.3) is 0 Å². The van der Waals surface area contributed by atoms with Crippen molar-refractivity contribution in [3.05, 3.63) is 46.0 Å². The normalized spacial score (nSPS) is 13.7. The van der Waals surface area contributed by atoms with E-state index >= 15 is 0 Å². The quantitative estimate of drug-likeness (QED) is 0.591. The van der Waals surface area contributed by atoms with Crippen molar-refractivity contribution in [3.63, 3.8) is 0 Å². The fourth-order valence-electron chi connectivity index (χ4n) is 3.21. The SMILES string of the molecule is Cc1c(O)c2c(c([Si](C)(C)C)c1O)C(=O)c1cc(O)ccc1C2=O. The summed E-state index contributed by atoms with van der Waals surface area (Å²) in [7, 11) is -2.21. The van der Waals surface area contributed by atoms with Crippen LogP contribution in [0.15, 0.2) is 18.2 Å². The van der Waals surface area contributed by atoms with Crippen LogP contribution < -0.4 is 5.19 Å². The Kier molecular flexibility index (Phi) is 3.35. The largest absolute Gasteiger partial charge is 0.508 e. The van der Waals surface area contributed by atoms with Gasteiger partial charge in [-0.05, 0) is 30.3 Å². The topological polar surface area (TPSA) is 94.8 Å². The Morgan fingerprint density at radius 1 is 0.833 bits per heavy atom. The van der Waals surface area contributed by atoms with Crippen LogP contribution in [-0.4, -0.2) is 35.0 Å². The van der Waals surface area contributed by atoms with Crippen LogP contribution in [0.5, 0.6) is 17.2 Å². The van der Waals surface area contributed by atoms with Gasteiger partial charge in [0, 0.05) is 22.3 Å². The van der Waals surface area contributed by atoms with Gasteiger partial charge in [0.25, 0.3) is 0 Å². The lowest BCUT2D eigenvalue weighted by Crippen LogP contribution is -2.44. The van der Waals surface area contributed by atoms with E-state index in [1.165, 1.54) is 25.1 Å². The Bertz CT molecular complexity index is 922. The Labute approximate surface area is 140 Å². The molecule has 0 unspecified atom stereocenters. The molecule has 0 aromatic heterocycles. The third kappa shape index (κ3) is 2.06. The number of phenolic OH excluding ortho intramolecular Hbond substituents is 3. The number of aromatic hydroxyl groups is 3. The second kappa shape index (κ2) is 4.94. The highest BCUT2D eigenvalue weighted by molar-refractivity contribution is 6.90. The Balaban J connectivity index is 2.49. The van der Waals surface area contributed by atoms with Crippen LogP contribution in [0.3, 0.4) is 0 Å². The van der Waals surface area contributed by atoms with E-state index < -0.39 is 19.6 Å². The molecule has 2 aromatic rings. The highest BCUT2D eigenvalue weighted by atomic mass is 28.3. The second-order valence-electron chi connectivity index (χ2n) is 7.09. The summed E-state index contributed by atoms with van der Waals surface area (Å²) in [6.07, 6.45) is 0. The molecule has 124 valence electrons. The fourth-order valence-corrected chi connectivity index (χ4v) is 5.10. The van der Waals surface area contributed by atoms with E-state index in [4.69, 9.17) is 0 Å². The van der Waals surface area contributed by atoms with Gasteiger partial charge in [0.05, 0.1) is 13.6 Å². The molecule has 5 nitrogen and oxygen atoms in total. The van der Waals surface area contributed by atoms with Gasteiger partial charge in [-0.2, -0.15) is 0 Å². The number of fused-ring (bicyclic) bond motifs is 2. The Hall–Kier alpha value is -2.60. The molecular weight excluding hydrogens is 324 g/mol. The zero-order valence-corrected chi connectivity index (χ0v) is 14.9. The zero-order valence-electron chi connectivity index (χ0n) is 13.9. The maximum Gasteiger partial charge on any atom is 0.198 e. The molecule has 2 aromatic carbocycles. The van der Waals surface area contributed by atoms with Crippen molar-refractivity contribution in [1.82, 2.24) is 0 Å².